The summed E-state index contributed by atoms with van der Waals surface area (Å²) < 4.78 is 0. The van der Waals surface area contributed by atoms with Gasteiger partial charge in [0.05, 0.1) is 0 Å². The molecule has 0 amide bonds. The molecule has 3 nitrogen and oxygen atoms in total. The van der Waals surface area contributed by atoms with Crippen LogP contribution < -0.4 is 0 Å². The van der Waals surface area contributed by atoms with Crippen molar-refractivity contribution in [3.8, 4) is 0 Å². The fourth-order valence-corrected chi connectivity index (χ4v) is 0.539. The molecule has 0 spiro atoms. The predicted molar refractivity (Wildman–Crippen MR) is 48.1 cm³/mol. The van der Waals surface area contributed by atoms with Gasteiger partial charge in [-0.15, -0.1) is 6.34 Å². The van der Waals surface area contributed by atoms with Gasteiger partial charge < -0.3 is 16.6 Å². The minimum Gasteiger partial charge on any atom is -0.810 e. The van der Waals surface area contributed by atoms with Crippen molar-refractivity contribution in [2.24, 2.45) is 0 Å². The SMILES string of the molecule is N=C[NH-].[N-]=Cc1ccccc1.[Y]. The maximum atomic E-state index is 8.41. The van der Waals surface area contributed by atoms with Gasteiger partial charge in [0.1, 0.15) is 0 Å². The van der Waals surface area contributed by atoms with E-state index in [1.54, 1.807) is 0 Å². The van der Waals surface area contributed by atoms with Crippen LogP contribution in [0, 0.1) is 5.41 Å². The summed E-state index contributed by atoms with van der Waals surface area (Å²) in [6.07, 6.45) is 1.58. The molecule has 4 heteroatoms. The molecule has 2 N–H and O–H groups in total. The van der Waals surface area contributed by atoms with E-state index in [1.807, 2.05) is 30.3 Å². The van der Waals surface area contributed by atoms with Crippen LogP contribution in [-0.2, 0) is 32.7 Å². The monoisotopic (exact) mass is 236 g/mol. The van der Waals surface area contributed by atoms with Gasteiger partial charge >= 0.3 is 0 Å². The second-order valence-electron chi connectivity index (χ2n) is 1.68. The minimum absolute atomic E-state index is 0. The summed E-state index contributed by atoms with van der Waals surface area (Å²) in [6, 6.07) is 9.33. The number of benzene rings is 1. The number of rotatable bonds is 1. The molecule has 61 valence electrons. The third-order valence-corrected chi connectivity index (χ3v) is 0.949. The van der Waals surface area contributed by atoms with Crippen LogP contribution in [0.15, 0.2) is 30.3 Å². The Bertz CT molecular complexity index is 211. The topological polar surface area (TPSA) is 70.0 Å². The molecule has 1 aromatic rings. The molecular formula is C8H9N3Y-2. The summed E-state index contributed by atoms with van der Waals surface area (Å²) in [7, 11) is 0. The van der Waals surface area contributed by atoms with Gasteiger partial charge in [-0.2, -0.15) is 6.21 Å². The molecule has 0 saturated heterocycles. The smallest absolute Gasteiger partial charge is 0 e. The molecule has 0 aromatic heterocycles. The average molecular weight is 236 g/mol. The Morgan fingerprint density at radius 3 is 1.92 bits per heavy atom. The maximum Gasteiger partial charge on any atom is 0 e. The molecule has 0 saturated carbocycles. The number of hydrogen-bond donors (Lipinski definition) is 1. The van der Waals surface area contributed by atoms with Gasteiger partial charge in [-0.25, -0.2) is 0 Å². The molecule has 1 aromatic carbocycles. The molecule has 12 heavy (non-hydrogen) atoms. The van der Waals surface area contributed by atoms with Crippen molar-refractivity contribution in [1.29, 1.82) is 5.41 Å². The van der Waals surface area contributed by atoms with Crippen LogP contribution in [0.4, 0.5) is 0 Å². The molecule has 1 rings (SSSR count). The van der Waals surface area contributed by atoms with Crippen LogP contribution in [0.1, 0.15) is 5.56 Å². The van der Waals surface area contributed by atoms with Gasteiger partial charge in [-0.05, 0) is 5.56 Å². The van der Waals surface area contributed by atoms with E-state index in [9.17, 15) is 0 Å². The fraction of sp³-hybridized carbons (Fsp3) is 0. The molecule has 0 atom stereocenters. The van der Waals surface area contributed by atoms with Crippen molar-refractivity contribution in [2.75, 3.05) is 0 Å². The summed E-state index contributed by atoms with van der Waals surface area (Å²) in [5, 5.41) is 14.2. The Morgan fingerprint density at radius 1 is 1.25 bits per heavy atom. The van der Waals surface area contributed by atoms with Gasteiger partial charge in [0.2, 0.25) is 0 Å². The van der Waals surface area contributed by atoms with Crippen molar-refractivity contribution < 1.29 is 32.7 Å². The third kappa shape index (κ3) is 7.57. The second-order valence-corrected chi connectivity index (χ2v) is 1.68. The molecular weight excluding hydrogens is 227 g/mol. The third-order valence-electron chi connectivity index (χ3n) is 0.949. The standard InChI is InChI=1S/C7H6N.CH3N2.Y/c8-6-7-4-2-1-3-5-7;2-1-3;/h1-6H;1H,(H2-,2,3);/q2*-1;. The number of hydrogen-bond acceptors (Lipinski definition) is 1. The quantitative estimate of drug-likeness (QED) is 0.574. The first-order valence-corrected chi connectivity index (χ1v) is 3.03. The fourth-order valence-electron chi connectivity index (χ4n) is 0.539. The molecule has 0 unspecified atom stereocenters. The largest absolute Gasteiger partial charge is 0.810 e. The van der Waals surface area contributed by atoms with Crippen molar-refractivity contribution in [1.82, 2.24) is 0 Å². The van der Waals surface area contributed by atoms with Crippen LogP contribution in [0.2, 0.25) is 0 Å². The van der Waals surface area contributed by atoms with Gasteiger partial charge in [-0.3, -0.25) is 0 Å². The van der Waals surface area contributed by atoms with Crippen LogP contribution in [0.5, 0.6) is 0 Å². The van der Waals surface area contributed by atoms with Gasteiger partial charge in [0.25, 0.3) is 0 Å². The summed E-state index contributed by atoms with van der Waals surface area (Å²) in [5.41, 5.74) is 6.59. The minimum atomic E-state index is 0. The van der Waals surface area contributed by atoms with E-state index in [-0.39, 0.29) is 32.7 Å². The Kier molecular flexibility index (Phi) is 12.2. The first-order valence-electron chi connectivity index (χ1n) is 3.03. The molecule has 0 fully saturated rings. The van der Waals surface area contributed by atoms with E-state index in [2.05, 4.69) is 0 Å². The van der Waals surface area contributed by atoms with E-state index in [0.717, 1.165) is 11.8 Å². The van der Waals surface area contributed by atoms with Crippen LogP contribution >= 0.6 is 0 Å². The number of nitrogens with zero attached hydrogens (tertiary/aromatic N) is 1. The maximum absolute atomic E-state index is 8.41. The van der Waals surface area contributed by atoms with Gasteiger partial charge in [-0.1, -0.05) is 30.3 Å². The summed E-state index contributed by atoms with van der Waals surface area (Å²) in [6.45, 7) is 0. The Hall–Kier alpha value is -0.536. The Labute approximate surface area is 97.3 Å². The van der Waals surface area contributed by atoms with Crippen molar-refractivity contribution in [3.63, 3.8) is 0 Å². The Balaban J connectivity index is 0. The van der Waals surface area contributed by atoms with Crippen molar-refractivity contribution in [2.45, 2.75) is 0 Å². The second kappa shape index (κ2) is 10.5. The van der Waals surface area contributed by atoms with E-state index in [4.69, 9.17) is 16.6 Å². The van der Waals surface area contributed by atoms with Crippen molar-refractivity contribution >= 4 is 12.6 Å². The Morgan fingerprint density at radius 2 is 1.67 bits per heavy atom. The zero-order valence-corrected chi connectivity index (χ0v) is 9.40. The van der Waals surface area contributed by atoms with E-state index < -0.39 is 0 Å². The van der Waals surface area contributed by atoms with Crippen LogP contribution in [-0.4, -0.2) is 12.6 Å². The zero-order valence-electron chi connectivity index (χ0n) is 6.57. The first-order chi connectivity index (χ1) is 5.35. The van der Waals surface area contributed by atoms with E-state index in [1.165, 1.54) is 0 Å². The van der Waals surface area contributed by atoms with Gasteiger partial charge in [0, 0.05) is 32.7 Å². The predicted octanol–water partition coefficient (Wildman–Crippen LogP) is 2.32. The molecule has 0 aliphatic rings. The van der Waals surface area contributed by atoms with Crippen molar-refractivity contribution in [3.05, 3.63) is 47.0 Å². The summed E-state index contributed by atoms with van der Waals surface area (Å²) >= 11 is 0. The van der Waals surface area contributed by atoms with E-state index >= 15 is 0 Å². The van der Waals surface area contributed by atoms with Crippen LogP contribution in [0.3, 0.4) is 0 Å². The van der Waals surface area contributed by atoms with Gasteiger partial charge in [0.15, 0.2) is 0 Å². The molecule has 0 bridgehead atoms. The first kappa shape index (κ1) is 14.0. The zero-order chi connectivity index (χ0) is 8.53. The molecule has 0 aliphatic heterocycles. The normalized spacial score (nSPS) is 6.67. The van der Waals surface area contributed by atoms with E-state index in [0.29, 0.717) is 6.34 Å². The molecule has 1 radical (unpaired) electrons. The summed E-state index contributed by atoms with van der Waals surface area (Å²) in [4.78, 5) is 0. The molecule has 0 heterocycles. The average Bonchev–Trinajstić information content (AvgIpc) is 2.08. The number of nitrogens with one attached hydrogen (secondary N) is 2. The van der Waals surface area contributed by atoms with Crippen LogP contribution in [0.25, 0.3) is 11.1 Å². The summed E-state index contributed by atoms with van der Waals surface area (Å²) in [5.74, 6) is 0. The molecule has 0 aliphatic carbocycles.